The van der Waals surface area contributed by atoms with Crippen LogP contribution in [0.15, 0.2) is 4.60 Å². The van der Waals surface area contributed by atoms with Crippen molar-refractivity contribution in [2.24, 2.45) is 0 Å². The number of aromatic nitrogens is 2. The summed E-state index contributed by atoms with van der Waals surface area (Å²) in [4.78, 5) is 15.4. The van der Waals surface area contributed by atoms with Crippen molar-refractivity contribution in [1.29, 1.82) is 0 Å². The van der Waals surface area contributed by atoms with Gasteiger partial charge in [-0.3, -0.25) is 10.1 Å². The SMILES string of the molecule is CN1CCN(c2c([N+](=O)[O-])c(Br)nn2C2CSC2)CC1. The van der Waals surface area contributed by atoms with Gasteiger partial charge in [-0.1, -0.05) is 0 Å². The summed E-state index contributed by atoms with van der Waals surface area (Å²) in [6.07, 6.45) is 0. The van der Waals surface area contributed by atoms with Gasteiger partial charge in [0.1, 0.15) is 0 Å². The monoisotopic (exact) mass is 361 g/mol. The number of rotatable bonds is 3. The lowest BCUT2D eigenvalue weighted by Crippen LogP contribution is -2.46. The molecule has 1 aromatic heterocycles. The molecule has 0 atom stereocenters. The third-order valence-corrected chi connectivity index (χ3v) is 5.55. The lowest BCUT2D eigenvalue weighted by Gasteiger charge is -2.35. The first-order valence-corrected chi connectivity index (χ1v) is 8.46. The fourth-order valence-electron chi connectivity index (χ4n) is 2.48. The Morgan fingerprint density at radius 1 is 1.35 bits per heavy atom. The zero-order valence-electron chi connectivity index (χ0n) is 11.2. The van der Waals surface area contributed by atoms with Gasteiger partial charge >= 0.3 is 5.69 Å². The average molecular weight is 362 g/mol. The van der Waals surface area contributed by atoms with Crippen molar-refractivity contribution < 1.29 is 4.92 Å². The maximum Gasteiger partial charge on any atom is 0.345 e. The topological polar surface area (TPSA) is 67.4 Å². The Morgan fingerprint density at radius 3 is 2.50 bits per heavy atom. The van der Waals surface area contributed by atoms with E-state index in [-0.39, 0.29) is 16.7 Å². The number of likely N-dealkylation sites (N-methyl/N-ethyl adjacent to an activating group) is 1. The molecule has 1 aromatic rings. The van der Waals surface area contributed by atoms with Crippen LogP contribution in [0, 0.1) is 10.1 Å². The highest BCUT2D eigenvalue weighted by molar-refractivity contribution is 9.10. The molecule has 0 radical (unpaired) electrons. The van der Waals surface area contributed by atoms with Crippen LogP contribution >= 0.6 is 27.7 Å². The quantitative estimate of drug-likeness (QED) is 0.601. The highest BCUT2D eigenvalue weighted by Crippen LogP contribution is 2.41. The minimum Gasteiger partial charge on any atom is -0.348 e. The summed E-state index contributed by atoms with van der Waals surface area (Å²) in [6.45, 7) is 3.43. The first-order valence-electron chi connectivity index (χ1n) is 6.51. The van der Waals surface area contributed by atoms with Crippen LogP contribution in [0.2, 0.25) is 0 Å². The molecule has 2 aliphatic heterocycles. The van der Waals surface area contributed by atoms with Gasteiger partial charge in [-0.2, -0.15) is 16.9 Å². The minimum absolute atomic E-state index is 0.103. The van der Waals surface area contributed by atoms with E-state index in [1.165, 1.54) is 0 Å². The minimum atomic E-state index is -0.326. The molecule has 0 spiro atoms. The number of piperazine rings is 1. The molecule has 0 bridgehead atoms. The Morgan fingerprint density at radius 2 is 2.00 bits per heavy atom. The van der Waals surface area contributed by atoms with E-state index < -0.39 is 0 Å². The van der Waals surface area contributed by atoms with Crippen molar-refractivity contribution in [2.45, 2.75) is 6.04 Å². The Bertz CT molecular complexity index is 525. The van der Waals surface area contributed by atoms with E-state index in [1.807, 2.05) is 16.4 Å². The Labute approximate surface area is 129 Å². The second-order valence-electron chi connectivity index (χ2n) is 5.15. The zero-order chi connectivity index (χ0) is 14.3. The van der Waals surface area contributed by atoms with Gasteiger partial charge in [-0.15, -0.1) is 0 Å². The molecule has 7 nitrogen and oxygen atoms in total. The predicted octanol–water partition coefficient (Wildman–Crippen LogP) is 1.59. The van der Waals surface area contributed by atoms with Gasteiger partial charge < -0.3 is 9.80 Å². The Hall–Kier alpha value is -0.800. The number of nitro groups is 1. The van der Waals surface area contributed by atoms with E-state index in [0.29, 0.717) is 10.4 Å². The fourth-order valence-corrected chi connectivity index (χ4v) is 3.70. The van der Waals surface area contributed by atoms with Crippen LogP contribution in [0.25, 0.3) is 0 Å². The van der Waals surface area contributed by atoms with Gasteiger partial charge in [-0.25, -0.2) is 4.68 Å². The van der Waals surface area contributed by atoms with Crippen LogP contribution in [0.1, 0.15) is 6.04 Å². The fraction of sp³-hybridized carbons (Fsp3) is 0.727. The second-order valence-corrected chi connectivity index (χ2v) is 6.97. The molecule has 3 rings (SSSR count). The van der Waals surface area contributed by atoms with Crippen LogP contribution in [-0.4, -0.2) is 64.3 Å². The third-order valence-electron chi connectivity index (χ3n) is 3.77. The van der Waals surface area contributed by atoms with Crippen LogP contribution in [0.4, 0.5) is 11.5 Å². The molecule has 0 unspecified atom stereocenters. The van der Waals surface area contributed by atoms with Crippen LogP contribution < -0.4 is 4.90 Å². The number of halogens is 1. The van der Waals surface area contributed by atoms with E-state index in [1.54, 1.807) is 0 Å². The Balaban J connectivity index is 1.99. The summed E-state index contributed by atoms with van der Waals surface area (Å²) in [5.41, 5.74) is 0.103. The molecule has 2 fully saturated rings. The summed E-state index contributed by atoms with van der Waals surface area (Å²) in [7, 11) is 2.07. The first-order chi connectivity index (χ1) is 9.58. The highest BCUT2D eigenvalue weighted by Gasteiger charge is 2.36. The van der Waals surface area contributed by atoms with Crippen molar-refractivity contribution >= 4 is 39.2 Å². The average Bonchev–Trinajstić information content (AvgIpc) is 2.65. The molecular weight excluding hydrogens is 346 g/mol. The molecular formula is C11H16BrN5O2S. The van der Waals surface area contributed by atoms with Crippen LogP contribution in [0.5, 0.6) is 0 Å². The second kappa shape index (κ2) is 5.53. The van der Waals surface area contributed by atoms with E-state index >= 15 is 0 Å². The smallest absolute Gasteiger partial charge is 0.345 e. The maximum atomic E-state index is 11.4. The molecule has 0 aromatic carbocycles. The van der Waals surface area contributed by atoms with Crippen LogP contribution in [0.3, 0.4) is 0 Å². The van der Waals surface area contributed by atoms with Gasteiger partial charge in [0.2, 0.25) is 10.4 Å². The summed E-state index contributed by atoms with van der Waals surface area (Å²) >= 11 is 5.10. The molecule has 0 saturated carbocycles. The molecule has 3 heterocycles. The highest BCUT2D eigenvalue weighted by atomic mass is 79.9. The standard InChI is InChI=1S/C11H16BrN5O2S/c1-14-2-4-15(5-3-14)11-9(17(18)19)10(12)13-16(11)8-6-20-7-8/h8H,2-7H2,1H3. The van der Waals surface area contributed by atoms with Crippen molar-refractivity contribution in [3.05, 3.63) is 14.7 Å². The van der Waals surface area contributed by atoms with Crippen molar-refractivity contribution in [3.8, 4) is 0 Å². The summed E-state index contributed by atoms with van der Waals surface area (Å²) in [5.74, 6) is 2.62. The van der Waals surface area contributed by atoms with E-state index in [2.05, 4.69) is 37.9 Å². The van der Waals surface area contributed by atoms with Gasteiger partial charge in [-0.05, 0) is 23.0 Å². The van der Waals surface area contributed by atoms with Gasteiger partial charge in [0.25, 0.3) is 0 Å². The third kappa shape index (κ3) is 2.42. The maximum absolute atomic E-state index is 11.4. The number of hydrogen-bond acceptors (Lipinski definition) is 6. The number of thioether (sulfide) groups is 1. The summed E-state index contributed by atoms with van der Waals surface area (Å²) < 4.78 is 2.19. The molecule has 110 valence electrons. The van der Waals surface area contributed by atoms with E-state index in [0.717, 1.165) is 37.7 Å². The molecule has 2 saturated heterocycles. The van der Waals surface area contributed by atoms with Crippen molar-refractivity contribution in [2.75, 3.05) is 49.6 Å². The molecule has 2 aliphatic rings. The largest absolute Gasteiger partial charge is 0.348 e. The molecule has 0 N–H and O–H groups in total. The van der Waals surface area contributed by atoms with E-state index in [9.17, 15) is 10.1 Å². The van der Waals surface area contributed by atoms with Gasteiger partial charge in [0.05, 0.1) is 11.0 Å². The Kier molecular flexibility index (Phi) is 3.91. The lowest BCUT2D eigenvalue weighted by atomic mass is 10.3. The number of nitrogens with zero attached hydrogens (tertiary/aromatic N) is 5. The summed E-state index contributed by atoms with van der Waals surface area (Å²) in [6, 6.07) is 0.277. The predicted molar refractivity (Wildman–Crippen MR) is 82.7 cm³/mol. The molecule has 20 heavy (non-hydrogen) atoms. The van der Waals surface area contributed by atoms with E-state index in [4.69, 9.17) is 0 Å². The van der Waals surface area contributed by atoms with Gasteiger partial charge in [0, 0.05) is 37.7 Å². The zero-order valence-corrected chi connectivity index (χ0v) is 13.6. The van der Waals surface area contributed by atoms with Gasteiger partial charge in [0.15, 0.2) is 0 Å². The summed E-state index contributed by atoms with van der Waals surface area (Å²) in [5, 5.41) is 15.7. The molecule has 9 heteroatoms. The number of hydrogen-bond donors (Lipinski definition) is 0. The molecule has 0 aliphatic carbocycles. The molecule has 0 amide bonds. The normalized spacial score (nSPS) is 21.0. The van der Waals surface area contributed by atoms with Crippen molar-refractivity contribution in [3.63, 3.8) is 0 Å². The van der Waals surface area contributed by atoms with Crippen molar-refractivity contribution in [1.82, 2.24) is 14.7 Å². The number of anilines is 1. The first kappa shape index (κ1) is 14.2. The lowest BCUT2D eigenvalue weighted by molar-refractivity contribution is -0.385. The van der Waals surface area contributed by atoms with Crippen LogP contribution in [-0.2, 0) is 0 Å².